The standard InChI is InChI=1S/C22H17F2N5O2S/c23-19-17(29-32(30)13-14-5-2-1-3-6-14)8-9-18(20(19)24)31-21-15(7-4-11-26-21)16-10-12-27-22(25)28-16/h1-12,29H,13H2,(H2,25,27,28). The Hall–Kier alpha value is -3.76. The van der Waals surface area contributed by atoms with Crippen LogP contribution in [0.3, 0.4) is 0 Å². The summed E-state index contributed by atoms with van der Waals surface area (Å²) in [5.74, 6) is -2.65. The molecule has 0 aliphatic carbocycles. The van der Waals surface area contributed by atoms with Crippen molar-refractivity contribution in [2.24, 2.45) is 0 Å². The van der Waals surface area contributed by atoms with Gasteiger partial charge in [-0.05, 0) is 30.3 Å². The molecule has 162 valence electrons. The van der Waals surface area contributed by atoms with Crippen molar-refractivity contribution in [2.75, 3.05) is 10.5 Å². The lowest BCUT2D eigenvalue weighted by Crippen LogP contribution is -2.16. The van der Waals surface area contributed by atoms with Gasteiger partial charge >= 0.3 is 0 Å². The molecule has 32 heavy (non-hydrogen) atoms. The van der Waals surface area contributed by atoms with Crippen molar-refractivity contribution in [1.82, 2.24) is 15.0 Å². The number of benzene rings is 2. The number of halogens is 2. The third-order valence-electron chi connectivity index (χ3n) is 4.34. The molecule has 0 aliphatic rings. The Balaban J connectivity index is 1.55. The van der Waals surface area contributed by atoms with E-state index >= 15 is 0 Å². The van der Waals surface area contributed by atoms with Crippen LogP contribution in [-0.4, -0.2) is 19.5 Å². The largest absolute Gasteiger partial charge is 0.593 e. The van der Waals surface area contributed by atoms with E-state index in [1.54, 1.807) is 42.5 Å². The Labute approximate surface area is 185 Å². The number of hydrogen-bond donors (Lipinski definition) is 2. The third kappa shape index (κ3) is 4.93. The second-order valence-corrected chi connectivity index (χ2v) is 7.76. The number of nitrogens with two attached hydrogens (primary N) is 1. The highest BCUT2D eigenvalue weighted by atomic mass is 32.2. The molecule has 0 bridgehead atoms. The molecule has 4 rings (SSSR count). The van der Waals surface area contributed by atoms with Gasteiger partial charge in [-0.15, -0.1) is 0 Å². The van der Waals surface area contributed by atoms with E-state index in [-0.39, 0.29) is 29.0 Å². The summed E-state index contributed by atoms with van der Waals surface area (Å²) in [6.45, 7) is 0. The Morgan fingerprint density at radius 2 is 1.75 bits per heavy atom. The van der Waals surface area contributed by atoms with Crippen molar-refractivity contribution < 1.29 is 18.1 Å². The van der Waals surface area contributed by atoms with E-state index in [1.165, 1.54) is 24.5 Å². The monoisotopic (exact) mass is 453 g/mol. The van der Waals surface area contributed by atoms with Crippen LogP contribution in [0.4, 0.5) is 20.4 Å². The SMILES string of the molecule is Nc1nccc(-c2cccnc2Oc2ccc(N[S+]([O-])Cc3ccccc3)c(F)c2F)n1. The minimum Gasteiger partial charge on any atom is -0.593 e. The van der Waals surface area contributed by atoms with E-state index in [1.807, 2.05) is 6.07 Å². The van der Waals surface area contributed by atoms with Crippen LogP contribution in [0.2, 0.25) is 0 Å². The van der Waals surface area contributed by atoms with E-state index in [4.69, 9.17) is 10.5 Å². The van der Waals surface area contributed by atoms with Gasteiger partial charge in [-0.2, -0.15) is 4.39 Å². The van der Waals surface area contributed by atoms with Gasteiger partial charge in [0.1, 0.15) is 5.69 Å². The third-order valence-corrected chi connectivity index (χ3v) is 5.38. The maximum absolute atomic E-state index is 14.7. The number of hydrogen-bond acceptors (Lipinski definition) is 7. The fraction of sp³-hybridized carbons (Fsp3) is 0.0455. The Kier molecular flexibility index (Phi) is 6.43. The number of nitrogens with one attached hydrogen (secondary N) is 1. The molecule has 2 aromatic carbocycles. The first-order valence-electron chi connectivity index (χ1n) is 9.40. The highest BCUT2D eigenvalue weighted by Gasteiger charge is 2.20. The summed E-state index contributed by atoms with van der Waals surface area (Å²) in [5, 5.41) is 0. The van der Waals surface area contributed by atoms with E-state index in [9.17, 15) is 13.3 Å². The summed E-state index contributed by atoms with van der Waals surface area (Å²) in [6, 6.07) is 16.4. The maximum Gasteiger partial charge on any atom is 0.228 e. The number of pyridine rings is 1. The normalized spacial score (nSPS) is 11.7. The van der Waals surface area contributed by atoms with Crippen LogP contribution in [0.1, 0.15) is 5.56 Å². The Morgan fingerprint density at radius 1 is 0.938 bits per heavy atom. The number of rotatable bonds is 7. The zero-order valence-corrected chi connectivity index (χ0v) is 17.4. The molecule has 1 unspecified atom stereocenters. The van der Waals surface area contributed by atoms with Gasteiger partial charge in [-0.3, -0.25) is 0 Å². The lowest BCUT2D eigenvalue weighted by molar-refractivity contribution is 0.407. The molecule has 0 spiro atoms. The highest BCUT2D eigenvalue weighted by molar-refractivity contribution is 7.91. The van der Waals surface area contributed by atoms with Gasteiger partial charge in [-0.25, -0.2) is 24.1 Å². The minimum atomic E-state index is -1.65. The van der Waals surface area contributed by atoms with Crippen LogP contribution in [-0.2, 0) is 17.1 Å². The summed E-state index contributed by atoms with van der Waals surface area (Å²) >= 11 is -1.65. The van der Waals surface area contributed by atoms with Crippen molar-refractivity contribution in [3.8, 4) is 22.9 Å². The minimum absolute atomic E-state index is 0.0114. The van der Waals surface area contributed by atoms with Crippen molar-refractivity contribution in [2.45, 2.75) is 5.75 Å². The van der Waals surface area contributed by atoms with Gasteiger partial charge in [0, 0.05) is 18.0 Å². The first-order chi connectivity index (χ1) is 15.5. The molecule has 10 heteroatoms. The van der Waals surface area contributed by atoms with Crippen molar-refractivity contribution in [1.29, 1.82) is 0 Å². The van der Waals surface area contributed by atoms with Crippen molar-refractivity contribution in [3.05, 3.63) is 90.3 Å². The summed E-state index contributed by atoms with van der Waals surface area (Å²) in [5.41, 5.74) is 7.02. The molecule has 0 amide bonds. The molecule has 7 nitrogen and oxygen atoms in total. The van der Waals surface area contributed by atoms with Gasteiger partial charge in [0.2, 0.25) is 17.6 Å². The quantitative estimate of drug-likeness (QED) is 0.398. The molecular formula is C22H17F2N5O2S. The second-order valence-electron chi connectivity index (χ2n) is 6.58. The van der Waals surface area contributed by atoms with Crippen LogP contribution < -0.4 is 15.2 Å². The molecule has 0 aliphatic heterocycles. The smallest absolute Gasteiger partial charge is 0.228 e. The molecule has 3 N–H and O–H groups in total. The number of nitrogens with zero attached hydrogens (tertiary/aromatic N) is 3. The fourth-order valence-electron chi connectivity index (χ4n) is 2.87. The van der Waals surface area contributed by atoms with Gasteiger partial charge in [0.05, 0.1) is 22.6 Å². The molecule has 2 aromatic heterocycles. The summed E-state index contributed by atoms with van der Waals surface area (Å²) in [7, 11) is 0. The second kappa shape index (κ2) is 9.58. The van der Waals surface area contributed by atoms with E-state index in [0.717, 1.165) is 5.56 Å². The predicted octanol–water partition coefficient (Wildman–Crippen LogP) is 4.47. The van der Waals surface area contributed by atoms with Gasteiger partial charge < -0.3 is 15.0 Å². The van der Waals surface area contributed by atoms with Crippen LogP contribution in [0.25, 0.3) is 11.3 Å². The van der Waals surface area contributed by atoms with Crippen LogP contribution in [0.15, 0.2) is 73.1 Å². The van der Waals surface area contributed by atoms with Gasteiger partial charge in [0.25, 0.3) is 0 Å². The van der Waals surface area contributed by atoms with Gasteiger partial charge in [-0.1, -0.05) is 30.3 Å². The van der Waals surface area contributed by atoms with Crippen LogP contribution in [0.5, 0.6) is 11.6 Å². The molecule has 0 fully saturated rings. The summed E-state index contributed by atoms with van der Waals surface area (Å²) in [4.78, 5) is 12.0. The molecule has 0 saturated heterocycles. The zero-order chi connectivity index (χ0) is 22.5. The lowest BCUT2D eigenvalue weighted by Gasteiger charge is -2.15. The number of aromatic nitrogens is 3. The molecule has 0 radical (unpaired) electrons. The number of nitrogen functional groups attached to an aromatic ring is 1. The zero-order valence-electron chi connectivity index (χ0n) is 16.5. The van der Waals surface area contributed by atoms with E-state index < -0.39 is 23.0 Å². The average Bonchev–Trinajstić information content (AvgIpc) is 2.80. The first kappa shape index (κ1) is 21.5. The van der Waals surface area contributed by atoms with Crippen molar-refractivity contribution >= 4 is 23.0 Å². The van der Waals surface area contributed by atoms with E-state index in [2.05, 4.69) is 19.7 Å². The van der Waals surface area contributed by atoms with Gasteiger partial charge in [0.15, 0.2) is 17.3 Å². The molecule has 2 heterocycles. The molecule has 1 atom stereocenters. The van der Waals surface area contributed by atoms with Crippen LogP contribution in [0, 0.1) is 11.6 Å². The fourth-order valence-corrected chi connectivity index (χ4v) is 3.84. The van der Waals surface area contributed by atoms with E-state index in [0.29, 0.717) is 11.3 Å². The summed E-state index contributed by atoms with van der Waals surface area (Å²) < 4.78 is 49.7. The Morgan fingerprint density at radius 3 is 2.53 bits per heavy atom. The number of ether oxygens (including phenoxy) is 1. The van der Waals surface area contributed by atoms with Crippen LogP contribution >= 0.6 is 0 Å². The maximum atomic E-state index is 14.7. The lowest BCUT2D eigenvalue weighted by atomic mass is 10.2. The topological polar surface area (TPSA) is 109 Å². The predicted molar refractivity (Wildman–Crippen MR) is 118 cm³/mol. The highest BCUT2D eigenvalue weighted by Crippen LogP contribution is 2.34. The Bertz CT molecular complexity index is 1230. The summed E-state index contributed by atoms with van der Waals surface area (Å²) in [6.07, 6.45) is 2.91. The first-order valence-corrected chi connectivity index (χ1v) is 10.7. The van der Waals surface area contributed by atoms with Crippen molar-refractivity contribution in [3.63, 3.8) is 0 Å². The molecule has 0 saturated carbocycles. The molecule has 4 aromatic rings. The molecular weight excluding hydrogens is 436 g/mol. The average molecular weight is 453 g/mol. The number of anilines is 2.